The lowest BCUT2D eigenvalue weighted by Gasteiger charge is -2.36. The molecule has 6 heteroatoms. The molecule has 2 aliphatic rings. The minimum absolute atomic E-state index is 0.0281. The molecular weight excluding hydrogens is 324 g/mol. The zero-order valence-electron chi connectivity index (χ0n) is 14.3. The smallest absolute Gasteiger partial charge is 0.326 e. The van der Waals surface area contributed by atoms with Gasteiger partial charge in [0.2, 0.25) is 0 Å². The van der Waals surface area contributed by atoms with Crippen molar-refractivity contribution in [3.05, 3.63) is 42.0 Å². The van der Waals surface area contributed by atoms with Crippen molar-refractivity contribution in [2.24, 2.45) is 11.5 Å². The van der Waals surface area contributed by atoms with E-state index in [1.165, 1.54) is 12.1 Å². The van der Waals surface area contributed by atoms with E-state index in [2.05, 4.69) is 6.58 Å². The van der Waals surface area contributed by atoms with Crippen molar-refractivity contribution in [1.29, 1.82) is 0 Å². The van der Waals surface area contributed by atoms with Crippen LogP contribution >= 0.6 is 0 Å². The maximum Gasteiger partial charge on any atom is 0.326 e. The normalized spacial score (nSPS) is 24.0. The van der Waals surface area contributed by atoms with Crippen LogP contribution in [0.2, 0.25) is 0 Å². The predicted octanol–water partition coefficient (Wildman–Crippen LogP) is 3.13. The highest BCUT2D eigenvalue weighted by Crippen LogP contribution is 2.35. The highest BCUT2D eigenvalue weighted by atomic mass is 19.3. The molecule has 25 heavy (non-hydrogen) atoms. The van der Waals surface area contributed by atoms with E-state index < -0.39 is 11.6 Å². The Morgan fingerprint density at radius 1 is 1.00 bits per heavy atom. The first-order valence-corrected chi connectivity index (χ1v) is 8.82. The molecule has 0 saturated heterocycles. The van der Waals surface area contributed by atoms with Gasteiger partial charge < -0.3 is 10.6 Å². The van der Waals surface area contributed by atoms with E-state index in [0.717, 1.165) is 38.5 Å². The van der Waals surface area contributed by atoms with Crippen LogP contribution in [0.5, 0.6) is 0 Å². The van der Waals surface area contributed by atoms with E-state index in [9.17, 15) is 13.6 Å². The first-order chi connectivity index (χ1) is 11.8. The molecule has 0 aromatic heterocycles. The fourth-order valence-corrected chi connectivity index (χ4v) is 3.52. The van der Waals surface area contributed by atoms with Crippen LogP contribution in [0.25, 0.3) is 5.57 Å². The van der Waals surface area contributed by atoms with Gasteiger partial charge >= 0.3 is 6.05 Å². The van der Waals surface area contributed by atoms with Crippen LogP contribution in [0.4, 0.5) is 8.78 Å². The van der Waals surface area contributed by atoms with Crippen molar-refractivity contribution in [3.63, 3.8) is 0 Å². The van der Waals surface area contributed by atoms with E-state index in [-0.39, 0.29) is 23.6 Å². The number of benzene rings is 1. The maximum atomic E-state index is 13.2. The fourth-order valence-electron chi connectivity index (χ4n) is 3.52. The number of hydrogen-bond acceptors (Lipinski definition) is 3. The van der Waals surface area contributed by atoms with Gasteiger partial charge in [0.05, 0.1) is 0 Å². The van der Waals surface area contributed by atoms with E-state index in [1.807, 2.05) is 4.90 Å². The van der Waals surface area contributed by atoms with Crippen LogP contribution in [0, 0.1) is 0 Å². The molecule has 2 fully saturated rings. The zero-order valence-corrected chi connectivity index (χ0v) is 14.3. The summed E-state index contributed by atoms with van der Waals surface area (Å²) in [4.78, 5) is 15.0. The molecule has 2 saturated carbocycles. The van der Waals surface area contributed by atoms with Gasteiger partial charge in [-0.05, 0) is 56.2 Å². The van der Waals surface area contributed by atoms with Crippen molar-refractivity contribution >= 4 is 11.5 Å². The summed E-state index contributed by atoms with van der Waals surface area (Å²) in [6.45, 7) is 3.34. The number of nitrogens with two attached hydrogens (primary N) is 2. The third-order valence-electron chi connectivity index (χ3n) is 5.19. The average Bonchev–Trinajstić information content (AvgIpc) is 3.40. The number of carbonyl (C=O) groups excluding carboxylic acids is 1. The van der Waals surface area contributed by atoms with Crippen molar-refractivity contribution < 1.29 is 13.6 Å². The summed E-state index contributed by atoms with van der Waals surface area (Å²) in [5, 5.41) is 0. The third-order valence-corrected chi connectivity index (χ3v) is 5.19. The van der Waals surface area contributed by atoms with Crippen molar-refractivity contribution in [2.75, 3.05) is 0 Å². The second kappa shape index (κ2) is 6.84. The summed E-state index contributed by atoms with van der Waals surface area (Å²) >= 11 is 0. The molecule has 136 valence electrons. The summed E-state index contributed by atoms with van der Waals surface area (Å²) in [6.07, 6.45) is 5.79. The number of amides is 1. The predicted molar refractivity (Wildman–Crippen MR) is 94.0 cm³/mol. The molecule has 2 aliphatic carbocycles. The second-order valence-electron chi connectivity index (χ2n) is 7.19. The molecule has 0 aliphatic heterocycles. The molecule has 1 aromatic rings. The zero-order chi connectivity index (χ0) is 18.2. The highest BCUT2D eigenvalue weighted by molar-refractivity contribution is 5.95. The maximum absolute atomic E-state index is 13.2. The Hall–Kier alpha value is -1.79. The molecule has 4 N–H and O–H groups in total. The van der Waals surface area contributed by atoms with Crippen LogP contribution < -0.4 is 11.5 Å². The molecule has 3 rings (SSSR count). The number of rotatable bonds is 5. The van der Waals surface area contributed by atoms with Crippen molar-refractivity contribution in [2.45, 2.75) is 62.7 Å². The van der Waals surface area contributed by atoms with Crippen LogP contribution in [-0.4, -0.2) is 35.0 Å². The molecule has 0 atom stereocenters. The van der Waals surface area contributed by atoms with E-state index in [1.54, 1.807) is 12.1 Å². The number of nitrogens with zero attached hydrogens (tertiary/aromatic N) is 1. The highest BCUT2D eigenvalue weighted by Gasteiger charge is 2.39. The SMILES string of the molecule is C=C(c1ccc(C(=O)N(C2CCC(N)CC2)C2CC2)cc1)C(N)(F)F. The number of alkyl halides is 2. The molecule has 0 unspecified atom stereocenters. The summed E-state index contributed by atoms with van der Waals surface area (Å²) in [7, 11) is 0. The lowest BCUT2D eigenvalue weighted by atomic mass is 9.90. The number of hydrogen-bond donors (Lipinski definition) is 2. The Bertz CT molecular complexity index is 642. The summed E-state index contributed by atoms with van der Waals surface area (Å²) in [5.74, 6) is -0.0281. The minimum Gasteiger partial charge on any atom is -0.333 e. The average molecular weight is 349 g/mol. The van der Waals surface area contributed by atoms with Gasteiger partial charge in [-0.2, -0.15) is 8.78 Å². The standard InChI is InChI=1S/C19H25F2N3O/c1-12(19(20,21)23)13-2-4-14(5-3-13)18(25)24(17-10-11-17)16-8-6-15(22)7-9-16/h2-5,15-17H,1,6-11,22-23H2. The van der Waals surface area contributed by atoms with E-state index in [4.69, 9.17) is 11.5 Å². The van der Waals surface area contributed by atoms with Gasteiger partial charge in [-0.15, -0.1) is 0 Å². The van der Waals surface area contributed by atoms with Crippen molar-refractivity contribution in [3.8, 4) is 0 Å². The van der Waals surface area contributed by atoms with Gasteiger partial charge in [0.1, 0.15) is 0 Å². The fraction of sp³-hybridized carbons (Fsp3) is 0.526. The van der Waals surface area contributed by atoms with Crippen molar-refractivity contribution in [1.82, 2.24) is 4.90 Å². The lowest BCUT2D eigenvalue weighted by molar-refractivity contribution is 0.0606. The molecule has 4 nitrogen and oxygen atoms in total. The molecule has 1 amide bonds. The topological polar surface area (TPSA) is 72.3 Å². The van der Waals surface area contributed by atoms with Gasteiger partial charge in [-0.1, -0.05) is 18.7 Å². The summed E-state index contributed by atoms with van der Waals surface area (Å²) in [6, 6.07) is 3.42. The quantitative estimate of drug-likeness (QED) is 0.802. The van der Waals surface area contributed by atoms with E-state index in [0.29, 0.717) is 11.6 Å². The molecular formula is C19H25F2N3O. The van der Waals surface area contributed by atoms with Crippen LogP contribution in [-0.2, 0) is 0 Å². The number of halogens is 2. The van der Waals surface area contributed by atoms with Gasteiger partial charge in [0.25, 0.3) is 5.91 Å². The minimum atomic E-state index is -3.47. The largest absolute Gasteiger partial charge is 0.333 e. The third kappa shape index (κ3) is 4.07. The Balaban J connectivity index is 1.75. The van der Waals surface area contributed by atoms with Gasteiger partial charge in [0, 0.05) is 29.3 Å². The Morgan fingerprint density at radius 3 is 1.88 bits per heavy atom. The lowest BCUT2D eigenvalue weighted by Crippen LogP contribution is -2.45. The number of carbonyl (C=O) groups is 1. The van der Waals surface area contributed by atoms with Crippen LogP contribution in [0.1, 0.15) is 54.4 Å². The Labute approximate surface area is 146 Å². The molecule has 1 aromatic carbocycles. The molecule has 0 spiro atoms. The monoisotopic (exact) mass is 349 g/mol. The molecule has 0 heterocycles. The molecule has 0 radical (unpaired) electrons. The Kier molecular flexibility index (Phi) is 4.93. The van der Waals surface area contributed by atoms with Crippen LogP contribution in [0.3, 0.4) is 0 Å². The molecule has 0 bridgehead atoms. The van der Waals surface area contributed by atoms with Gasteiger partial charge in [-0.3, -0.25) is 10.5 Å². The van der Waals surface area contributed by atoms with Crippen LogP contribution in [0.15, 0.2) is 30.8 Å². The first kappa shape index (κ1) is 18.0. The second-order valence-corrected chi connectivity index (χ2v) is 7.19. The first-order valence-electron chi connectivity index (χ1n) is 8.82. The van der Waals surface area contributed by atoms with Gasteiger partial charge in [0.15, 0.2) is 0 Å². The van der Waals surface area contributed by atoms with E-state index >= 15 is 0 Å². The Morgan fingerprint density at radius 2 is 1.44 bits per heavy atom. The summed E-state index contributed by atoms with van der Waals surface area (Å²) in [5.41, 5.74) is 11.1. The summed E-state index contributed by atoms with van der Waals surface area (Å²) < 4.78 is 26.3. The van der Waals surface area contributed by atoms with Gasteiger partial charge in [-0.25, -0.2) is 0 Å².